The molecule has 1 aromatic rings. The summed E-state index contributed by atoms with van der Waals surface area (Å²) in [6.45, 7) is -0.174. The first-order valence-electron chi connectivity index (χ1n) is 5.92. The number of urea groups is 1. The number of aliphatic hydroxyl groups excluding tert-OH is 1. The number of nitrogens with zero attached hydrogens (tertiary/aromatic N) is 1. The van der Waals surface area contributed by atoms with Crippen LogP contribution in [0.1, 0.15) is 6.42 Å². The monoisotopic (exact) mass is 364 g/mol. The number of β-amino-alcohol motifs (C(OH)–C–C–N with tert-alkyl or cyclic N) is 1. The number of carboxylic acids is 1. The van der Waals surface area contributed by atoms with Gasteiger partial charge in [0.2, 0.25) is 0 Å². The molecule has 2 atom stereocenters. The number of rotatable bonds is 2. The van der Waals surface area contributed by atoms with Crippen LogP contribution in [-0.4, -0.2) is 45.8 Å². The Morgan fingerprint density at radius 1 is 1.33 bits per heavy atom. The lowest BCUT2D eigenvalue weighted by atomic mass is 10.2. The number of carbonyl (C=O) groups is 2. The minimum absolute atomic E-state index is 0.0459. The van der Waals surface area contributed by atoms with E-state index in [1.54, 1.807) is 0 Å². The van der Waals surface area contributed by atoms with E-state index in [0.717, 1.165) is 11.0 Å². The number of likely N-dealkylation sites (tertiary alicyclic amines) is 1. The van der Waals surface area contributed by atoms with Crippen molar-refractivity contribution in [3.05, 3.63) is 28.2 Å². The maximum absolute atomic E-state index is 13.6. The van der Waals surface area contributed by atoms with Gasteiger partial charge in [-0.2, -0.15) is 0 Å². The lowest BCUT2D eigenvalue weighted by molar-refractivity contribution is -0.141. The molecule has 3 N–H and O–H groups in total. The summed E-state index contributed by atoms with van der Waals surface area (Å²) in [5.74, 6) is -3.08. The standard InChI is InChI=1S/C12H11BrF2N2O4/c13-6-2-9(8(15)3-7(6)14)16-12(21)17-4-5(18)1-10(17)11(19)20/h2-3,5,10,18H,1,4H2,(H,16,21)(H,19,20). The molecule has 0 radical (unpaired) electrons. The largest absolute Gasteiger partial charge is 0.480 e. The van der Waals surface area contributed by atoms with Crippen LogP contribution in [0.3, 0.4) is 0 Å². The number of aliphatic hydroxyl groups is 1. The van der Waals surface area contributed by atoms with E-state index in [2.05, 4.69) is 21.2 Å². The molecule has 2 amide bonds. The Hall–Kier alpha value is -1.74. The minimum atomic E-state index is -1.26. The average molecular weight is 365 g/mol. The molecule has 1 aromatic carbocycles. The topological polar surface area (TPSA) is 89.9 Å². The van der Waals surface area contributed by atoms with Crippen molar-refractivity contribution in [2.24, 2.45) is 0 Å². The van der Waals surface area contributed by atoms with Gasteiger partial charge in [0.05, 0.1) is 16.3 Å². The summed E-state index contributed by atoms with van der Waals surface area (Å²) in [6, 6.07) is -0.443. The molecule has 1 aliphatic heterocycles. The van der Waals surface area contributed by atoms with Gasteiger partial charge in [0.15, 0.2) is 0 Å². The van der Waals surface area contributed by atoms with Gasteiger partial charge < -0.3 is 20.4 Å². The number of anilines is 1. The second kappa shape index (κ2) is 5.94. The van der Waals surface area contributed by atoms with E-state index in [9.17, 15) is 23.5 Å². The van der Waals surface area contributed by atoms with Crippen molar-refractivity contribution in [2.75, 3.05) is 11.9 Å². The van der Waals surface area contributed by atoms with Gasteiger partial charge in [-0.15, -0.1) is 0 Å². The number of benzene rings is 1. The first kappa shape index (κ1) is 15.6. The van der Waals surface area contributed by atoms with Gasteiger partial charge >= 0.3 is 12.0 Å². The van der Waals surface area contributed by atoms with Crippen molar-refractivity contribution in [2.45, 2.75) is 18.6 Å². The van der Waals surface area contributed by atoms with Gasteiger partial charge in [0, 0.05) is 19.0 Å². The number of halogens is 3. The molecule has 9 heteroatoms. The molecule has 2 rings (SSSR count). The third-order valence-electron chi connectivity index (χ3n) is 3.08. The van der Waals surface area contributed by atoms with Crippen molar-refractivity contribution in [3.63, 3.8) is 0 Å². The van der Waals surface area contributed by atoms with E-state index in [-0.39, 0.29) is 23.1 Å². The first-order chi connectivity index (χ1) is 9.79. The highest BCUT2D eigenvalue weighted by atomic mass is 79.9. The fourth-order valence-corrected chi connectivity index (χ4v) is 2.42. The van der Waals surface area contributed by atoms with E-state index < -0.39 is 35.8 Å². The highest BCUT2D eigenvalue weighted by Crippen LogP contribution is 2.25. The molecule has 1 fully saturated rings. The quantitative estimate of drug-likeness (QED) is 0.697. The van der Waals surface area contributed by atoms with Gasteiger partial charge in [0.1, 0.15) is 17.7 Å². The lowest BCUT2D eigenvalue weighted by Crippen LogP contribution is -2.43. The van der Waals surface area contributed by atoms with Crippen LogP contribution in [0.25, 0.3) is 0 Å². The summed E-state index contributed by atoms with van der Waals surface area (Å²) < 4.78 is 26.6. The smallest absolute Gasteiger partial charge is 0.326 e. The van der Waals surface area contributed by atoms with E-state index in [1.807, 2.05) is 0 Å². The maximum atomic E-state index is 13.6. The average Bonchev–Trinajstić information content (AvgIpc) is 2.78. The molecule has 1 saturated heterocycles. The Morgan fingerprint density at radius 3 is 2.62 bits per heavy atom. The zero-order chi connectivity index (χ0) is 15.7. The van der Waals surface area contributed by atoms with Crippen LogP contribution in [0, 0.1) is 11.6 Å². The van der Waals surface area contributed by atoms with Crippen LogP contribution in [-0.2, 0) is 4.79 Å². The van der Waals surface area contributed by atoms with Crippen LogP contribution in [0.2, 0.25) is 0 Å². The fourth-order valence-electron chi connectivity index (χ4n) is 2.08. The molecule has 114 valence electrons. The van der Waals surface area contributed by atoms with Crippen molar-refractivity contribution >= 4 is 33.6 Å². The van der Waals surface area contributed by atoms with Gasteiger partial charge in [-0.05, 0) is 22.0 Å². The van der Waals surface area contributed by atoms with E-state index >= 15 is 0 Å². The second-order valence-electron chi connectivity index (χ2n) is 4.57. The summed E-state index contributed by atoms with van der Waals surface area (Å²) in [5, 5.41) is 20.6. The van der Waals surface area contributed by atoms with Crippen molar-refractivity contribution in [1.82, 2.24) is 4.90 Å². The molecular formula is C12H11BrF2N2O4. The number of aliphatic carboxylic acids is 1. The third-order valence-corrected chi connectivity index (χ3v) is 3.68. The summed E-state index contributed by atoms with van der Waals surface area (Å²) in [4.78, 5) is 23.9. The van der Waals surface area contributed by atoms with Crippen molar-refractivity contribution in [3.8, 4) is 0 Å². The Balaban J connectivity index is 2.18. The predicted octanol–water partition coefficient (Wildman–Crippen LogP) is 1.78. The molecule has 0 aliphatic carbocycles. The van der Waals surface area contributed by atoms with Crippen LogP contribution in [0.15, 0.2) is 16.6 Å². The zero-order valence-electron chi connectivity index (χ0n) is 10.5. The van der Waals surface area contributed by atoms with Gasteiger partial charge in [0.25, 0.3) is 0 Å². The normalized spacial score (nSPS) is 21.4. The van der Waals surface area contributed by atoms with Gasteiger partial charge in [-0.3, -0.25) is 0 Å². The molecule has 1 heterocycles. The Kier molecular flexibility index (Phi) is 4.43. The van der Waals surface area contributed by atoms with E-state index in [4.69, 9.17) is 5.11 Å². The van der Waals surface area contributed by atoms with Crippen molar-refractivity contribution in [1.29, 1.82) is 0 Å². The van der Waals surface area contributed by atoms with Crippen LogP contribution < -0.4 is 5.32 Å². The van der Waals surface area contributed by atoms with E-state index in [1.165, 1.54) is 0 Å². The van der Waals surface area contributed by atoms with Crippen LogP contribution in [0.5, 0.6) is 0 Å². The van der Waals surface area contributed by atoms with Gasteiger partial charge in [-0.25, -0.2) is 18.4 Å². The number of carbonyl (C=O) groups excluding carboxylic acids is 1. The van der Waals surface area contributed by atoms with Gasteiger partial charge in [-0.1, -0.05) is 0 Å². The molecule has 0 bridgehead atoms. The first-order valence-corrected chi connectivity index (χ1v) is 6.72. The molecule has 0 spiro atoms. The van der Waals surface area contributed by atoms with E-state index in [0.29, 0.717) is 6.07 Å². The molecule has 21 heavy (non-hydrogen) atoms. The molecule has 0 aromatic heterocycles. The van der Waals surface area contributed by atoms with Crippen LogP contribution >= 0.6 is 15.9 Å². The number of amides is 2. The third kappa shape index (κ3) is 3.30. The molecule has 2 unspecified atom stereocenters. The summed E-state index contributed by atoms with van der Waals surface area (Å²) in [6.07, 6.45) is -1.06. The number of hydrogen-bond donors (Lipinski definition) is 3. The second-order valence-corrected chi connectivity index (χ2v) is 5.43. The number of nitrogens with one attached hydrogen (secondary N) is 1. The predicted molar refractivity (Wildman–Crippen MR) is 71.8 cm³/mol. The summed E-state index contributed by atoms with van der Waals surface area (Å²) in [5.41, 5.74) is -0.293. The Morgan fingerprint density at radius 2 is 2.00 bits per heavy atom. The maximum Gasteiger partial charge on any atom is 0.326 e. The van der Waals surface area contributed by atoms with Crippen molar-refractivity contribution < 1.29 is 28.6 Å². The zero-order valence-corrected chi connectivity index (χ0v) is 12.1. The molecular weight excluding hydrogens is 354 g/mol. The fraction of sp³-hybridized carbons (Fsp3) is 0.333. The van der Waals surface area contributed by atoms with Crippen LogP contribution in [0.4, 0.5) is 19.3 Å². The molecule has 0 saturated carbocycles. The summed E-state index contributed by atoms with van der Waals surface area (Å²) in [7, 11) is 0. The highest BCUT2D eigenvalue weighted by Gasteiger charge is 2.39. The Labute approximate surface area is 126 Å². The Bertz CT molecular complexity index is 599. The molecule has 6 nitrogen and oxygen atoms in total. The minimum Gasteiger partial charge on any atom is -0.480 e. The SMILES string of the molecule is O=C(O)C1CC(O)CN1C(=O)Nc1cc(Br)c(F)cc1F. The summed E-state index contributed by atoms with van der Waals surface area (Å²) >= 11 is 2.86. The molecule has 1 aliphatic rings. The number of hydrogen-bond acceptors (Lipinski definition) is 3. The number of carboxylic acid groups (broad SMARTS) is 1. The lowest BCUT2D eigenvalue weighted by Gasteiger charge is -2.21. The highest BCUT2D eigenvalue weighted by molar-refractivity contribution is 9.10.